The second kappa shape index (κ2) is 4.68. The Kier molecular flexibility index (Phi) is 3.40. The number of nitrogens with one attached hydrogen (secondary N) is 1. The van der Waals surface area contributed by atoms with Gasteiger partial charge in [-0.15, -0.1) is 0 Å². The van der Waals surface area contributed by atoms with Crippen LogP contribution in [0.5, 0.6) is 0 Å². The highest BCUT2D eigenvalue weighted by Gasteiger charge is 2.60. The van der Waals surface area contributed by atoms with E-state index in [-0.39, 0.29) is 17.4 Å². The second-order valence-electron chi connectivity index (χ2n) is 8.76. The Balaban J connectivity index is 1.82. The van der Waals surface area contributed by atoms with E-state index in [4.69, 9.17) is 18.0 Å². The summed E-state index contributed by atoms with van der Waals surface area (Å²) in [6, 6.07) is 0. The smallest absolute Gasteiger partial charge is 0.230 e. The van der Waals surface area contributed by atoms with Crippen LogP contribution in [0, 0.1) is 22.7 Å². The van der Waals surface area contributed by atoms with Crippen LogP contribution in [0.15, 0.2) is 0 Å². The Morgan fingerprint density at radius 1 is 1.24 bits per heavy atom. The lowest BCUT2D eigenvalue weighted by molar-refractivity contribution is -0.141. The van der Waals surface area contributed by atoms with Gasteiger partial charge < -0.3 is 11.1 Å². The zero-order valence-electron chi connectivity index (χ0n) is 13.5. The molecular weight excluding hydrogens is 280 g/mol. The van der Waals surface area contributed by atoms with Crippen molar-refractivity contribution in [3.05, 3.63) is 0 Å². The van der Waals surface area contributed by atoms with Gasteiger partial charge in [-0.05, 0) is 61.7 Å². The van der Waals surface area contributed by atoms with Gasteiger partial charge in [-0.3, -0.25) is 4.79 Å². The number of nitrogens with two attached hydrogens (primary N) is 1. The third-order valence-corrected chi connectivity index (χ3v) is 6.37. The minimum absolute atomic E-state index is 0.00178. The SMILES string of the molecule is CCC(C(=O)NC12CC3CC(C)(CC(C)(C3)C1)C2)C(N)=S. The van der Waals surface area contributed by atoms with E-state index >= 15 is 0 Å². The third-order valence-electron chi connectivity index (χ3n) is 6.08. The highest BCUT2D eigenvalue weighted by Crippen LogP contribution is 2.66. The van der Waals surface area contributed by atoms with Crippen LogP contribution < -0.4 is 11.1 Å². The van der Waals surface area contributed by atoms with Gasteiger partial charge in [0, 0.05) is 5.54 Å². The molecule has 0 aromatic carbocycles. The van der Waals surface area contributed by atoms with Gasteiger partial charge in [0.25, 0.3) is 0 Å². The molecule has 4 rings (SSSR count). The summed E-state index contributed by atoms with van der Waals surface area (Å²) in [6.07, 6.45) is 8.10. The summed E-state index contributed by atoms with van der Waals surface area (Å²) in [6.45, 7) is 6.81. The van der Waals surface area contributed by atoms with Crippen molar-refractivity contribution in [1.29, 1.82) is 0 Å². The third kappa shape index (κ3) is 2.60. The number of carbonyl (C=O) groups is 1. The fraction of sp³-hybridized carbons (Fsp3) is 0.882. The minimum Gasteiger partial charge on any atom is -0.393 e. The fourth-order valence-corrected chi connectivity index (χ4v) is 6.73. The van der Waals surface area contributed by atoms with Crippen molar-refractivity contribution < 1.29 is 4.79 Å². The largest absolute Gasteiger partial charge is 0.393 e. The first-order valence-corrected chi connectivity index (χ1v) is 8.70. The highest BCUT2D eigenvalue weighted by molar-refractivity contribution is 7.80. The van der Waals surface area contributed by atoms with E-state index in [9.17, 15) is 4.79 Å². The average molecular weight is 308 g/mol. The maximum Gasteiger partial charge on any atom is 0.230 e. The van der Waals surface area contributed by atoms with Crippen molar-refractivity contribution in [2.24, 2.45) is 28.4 Å². The fourth-order valence-electron chi connectivity index (χ4n) is 6.45. The summed E-state index contributed by atoms with van der Waals surface area (Å²) in [7, 11) is 0. The summed E-state index contributed by atoms with van der Waals surface area (Å²) in [5.41, 5.74) is 6.55. The van der Waals surface area contributed by atoms with Crippen molar-refractivity contribution in [3.8, 4) is 0 Å². The van der Waals surface area contributed by atoms with Gasteiger partial charge in [0.15, 0.2) is 0 Å². The predicted molar refractivity (Wildman–Crippen MR) is 88.8 cm³/mol. The maximum atomic E-state index is 12.6. The first-order valence-electron chi connectivity index (χ1n) is 8.30. The molecule has 21 heavy (non-hydrogen) atoms. The van der Waals surface area contributed by atoms with Gasteiger partial charge in [0.05, 0.1) is 10.9 Å². The lowest BCUT2D eigenvalue weighted by Crippen LogP contribution is -2.66. The molecule has 3 atom stereocenters. The molecule has 3 nitrogen and oxygen atoms in total. The molecule has 4 aliphatic carbocycles. The quantitative estimate of drug-likeness (QED) is 0.784. The van der Waals surface area contributed by atoms with E-state index in [1.165, 1.54) is 19.3 Å². The van der Waals surface area contributed by atoms with E-state index in [2.05, 4.69) is 19.2 Å². The lowest BCUT2D eigenvalue weighted by Gasteiger charge is -2.65. The standard InChI is InChI=1S/C17H28N2OS/c1-4-12(13(18)21)14(20)19-17-7-11-5-15(2,9-17)8-16(3,6-11)10-17/h11-12H,4-10H2,1-3H3,(H2,18,21)(H,19,20). The molecule has 0 aromatic rings. The first-order chi connectivity index (χ1) is 9.68. The Morgan fingerprint density at radius 2 is 1.81 bits per heavy atom. The Bertz CT molecular complexity index is 471. The van der Waals surface area contributed by atoms with Gasteiger partial charge in [0.1, 0.15) is 0 Å². The number of hydrogen-bond acceptors (Lipinski definition) is 2. The first kappa shape index (κ1) is 15.3. The molecule has 0 spiro atoms. The van der Waals surface area contributed by atoms with Gasteiger partial charge in [-0.25, -0.2) is 0 Å². The maximum absolute atomic E-state index is 12.6. The van der Waals surface area contributed by atoms with Crippen molar-refractivity contribution in [2.45, 2.75) is 71.3 Å². The van der Waals surface area contributed by atoms with Crippen molar-refractivity contribution in [1.82, 2.24) is 5.32 Å². The summed E-state index contributed by atoms with van der Waals surface area (Å²) in [5, 5.41) is 3.40. The molecule has 4 aliphatic rings. The molecule has 4 fully saturated rings. The lowest BCUT2D eigenvalue weighted by atomic mass is 9.42. The predicted octanol–water partition coefficient (Wildman–Crippen LogP) is 3.16. The average Bonchev–Trinajstić information content (AvgIpc) is 2.22. The number of amides is 1. The highest BCUT2D eigenvalue weighted by atomic mass is 32.1. The zero-order valence-corrected chi connectivity index (χ0v) is 14.3. The Hall–Kier alpha value is -0.640. The van der Waals surface area contributed by atoms with Crippen LogP contribution in [0.25, 0.3) is 0 Å². The molecular formula is C17H28N2OS. The Labute approximate surface area is 133 Å². The second-order valence-corrected chi connectivity index (χ2v) is 9.23. The van der Waals surface area contributed by atoms with Crippen LogP contribution in [0.2, 0.25) is 0 Å². The van der Waals surface area contributed by atoms with Crippen molar-refractivity contribution in [3.63, 3.8) is 0 Å². The van der Waals surface area contributed by atoms with Crippen LogP contribution in [0.4, 0.5) is 0 Å². The summed E-state index contributed by atoms with van der Waals surface area (Å²) < 4.78 is 0. The van der Waals surface area contributed by atoms with Crippen LogP contribution in [0.1, 0.15) is 65.7 Å². The molecule has 4 bridgehead atoms. The molecule has 0 saturated heterocycles. The Morgan fingerprint density at radius 3 is 2.24 bits per heavy atom. The van der Waals surface area contributed by atoms with E-state index in [0.717, 1.165) is 25.2 Å². The summed E-state index contributed by atoms with van der Waals surface area (Å²) in [4.78, 5) is 13.0. The topological polar surface area (TPSA) is 55.1 Å². The van der Waals surface area contributed by atoms with Crippen molar-refractivity contribution >= 4 is 23.1 Å². The van der Waals surface area contributed by atoms with Gasteiger partial charge in [-0.2, -0.15) is 0 Å². The molecule has 0 aliphatic heterocycles. The molecule has 3 N–H and O–H groups in total. The van der Waals surface area contributed by atoms with E-state index < -0.39 is 0 Å². The molecule has 118 valence electrons. The van der Waals surface area contributed by atoms with E-state index in [0.29, 0.717) is 22.2 Å². The van der Waals surface area contributed by atoms with Crippen molar-refractivity contribution in [2.75, 3.05) is 0 Å². The minimum atomic E-state index is -0.311. The van der Waals surface area contributed by atoms with Crippen LogP contribution in [0.3, 0.4) is 0 Å². The number of rotatable bonds is 4. The number of hydrogen-bond donors (Lipinski definition) is 2. The zero-order chi connectivity index (χ0) is 15.5. The van der Waals surface area contributed by atoms with E-state index in [1.807, 2.05) is 6.92 Å². The normalized spacial score (nSPS) is 45.4. The number of thiocarbonyl (C=S) groups is 1. The van der Waals surface area contributed by atoms with Crippen LogP contribution in [-0.2, 0) is 4.79 Å². The van der Waals surface area contributed by atoms with Gasteiger partial charge >= 0.3 is 0 Å². The molecule has 4 saturated carbocycles. The monoisotopic (exact) mass is 308 g/mol. The molecule has 3 unspecified atom stereocenters. The number of carbonyl (C=O) groups excluding carboxylic acids is 1. The summed E-state index contributed by atoms with van der Waals surface area (Å²) >= 11 is 5.06. The molecule has 0 aromatic heterocycles. The molecule has 0 heterocycles. The van der Waals surface area contributed by atoms with Gasteiger partial charge in [0.2, 0.25) is 5.91 Å². The van der Waals surface area contributed by atoms with E-state index in [1.54, 1.807) is 0 Å². The van der Waals surface area contributed by atoms with Crippen LogP contribution >= 0.6 is 12.2 Å². The van der Waals surface area contributed by atoms with Crippen LogP contribution in [-0.4, -0.2) is 16.4 Å². The summed E-state index contributed by atoms with van der Waals surface area (Å²) in [5.74, 6) is 0.522. The molecule has 1 amide bonds. The van der Waals surface area contributed by atoms with Gasteiger partial charge in [-0.1, -0.05) is 33.0 Å². The molecule has 0 radical (unpaired) electrons. The molecule has 4 heteroatoms.